The van der Waals surface area contributed by atoms with Gasteiger partial charge < -0.3 is 25.1 Å². The fourth-order valence-corrected chi connectivity index (χ4v) is 3.67. The van der Waals surface area contributed by atoms with Crippen molar-refractivity contribution in [2.75, 3.05) is 13.7 Å². The van der Waals surface area contributed by atoms with Crippen molar-refractivity contribution in [2.24, 2.45) is 10.9 Å². The molecule has 0 spiro atoms. The van der Waals surface area contributed by atoms with Gasteiger partial charge in [-0.3, -0.25) is 4.79 Å². The molecule has 2 heterocycles. The maximum atomic E-state index is 13.4. The predicted molar refractivity (Wildman–Crippen MR) is 118 cm³/mol. The Hall–Kier alpha value is -3.56. The third-order valence-corrected chi connectivity index (χ3v) is 5.44. The van der Waals surface area contributed by atoms with Gasteiger partial charge in [-0.25, -0.2) is 0 Å². The predicted octanol–water partition coefficient (Wildman–Crippen LogP) is 2.71. The van der Waals surface area contributed by atoms with Crippen molar-refractivity contribution >= 4 is 11.6 Å². The van der Waals surface area contributed by atoms with E-state index in [1.54, 1.807) is 24.0 Å². The van der Waals surface area contributed by atoms with Gasteiger partial charge in [0, 0.05) is 12.0 Å². The third-order valence-electron chi connectivity index (χ3n) is 5.44. The minimum absolute atomic E-state index is 0.117. The number of aliphatic hydroxyl groups is 1. The molecule has 9 heteroatoms. The molecule has 9 nitrogen and oxygen atoms in total. The highest BCUT2D eigenvalue weighted by atomic mass is 16.6. The third kappa shape index (κ3) is 4.39. The van der Waals surface area contributed by atoms with Gasteiger partial charge in [-0.1, -0.05) is 52.8 Å². The van der Waals surface area contributed by atoms with Crippen LogP contribution in [0, 0.1) is 0 Å². The minimum Gasteiger partial charge on any atom is -0.399 e. The Morgan fingerprint density at radius 1 is 1.22 bits per heavy atom. The Kier molecular flexibility index (Phi) is 6.29. The lowest BCUT2D eigenvalue weighted by atomic mass is 10.0. The van der Waals surface area contributed by atoms with E-state index in [0.29, 0.717) is 23.5 Å². The first-order chi connectivity index (χ1) is 15.5. The van der Waals surface area contributed by atoms with E-state index in [9.17, 15) is 9.90 Å². The molecule has 1 aromatic heterocycles. The van der Waals surface area contributed by atoms with Crippen LogP contribution < -0.4 is 5.73 Å². The van der Waals surface area contributed by atoms with Crippen molar-refractivity contribution < 1.29 is 19.3 Å². The van der Waals surface area contributed by atoms with Gasteiger partial charge in [-0.15, -0.1) is 0 Å². The summed E-state index contributed by atoms with van der Waals surface area (Å²) in [7, 11) is 1.46. The van der Waals surface area contributed by atoms with Crippen molar-refractivity contribution in [3.8, 4) is 11.1 Å². The number of carbonyl (C=O) groups is 1. The summed E-state index contributed by atoms with van der Waals surface area (Å²) in [5.41, 5.74) is 9.24. The molecule has 1 aliphatic rings. The number of carbonyl (C=O) groups excluding carboxylic acids is 1. The van der Waals surface area contributed by atoms with Crippen molar-refractivity contribution in [2.45, 2.75) is 31.5 Å². The van der Waals surface area contributed by atoms with E-state index in [1.807, 2.05) is 42.5 Å². The first-order valence-corrected chi connectivity index (χ1v) is 10.3. The van der Waals surface area contributed by atoms with Crippen LogP contribution in [0.2, 0.25) is 0 Å². The summed E-state index contributed by atoms with van der Waals surface area (Å²) < 4.78 is 5.24. The van der Waals surface area contributed by atoms with Crippen LogP contribution in [0.3, 0.4) is 0 Å². The molecule has 0 bridgehead atoms. The first-order valence-electron chi connectivity index (χ1n) is 10.3. The smallest absolute Gasteiger partial charge is 0.254 e. The van der Waals surface area contributed by atoms with Crippen LogP contribution in [0.5, 0.6) is 0 Å². The summed E-state index contributed by atoms with van der Waals surface area (Å²) in [6, 6.07) is 16.1. The Morgan fingerprint density at radius 2 is 1.91 bits per heavy atom. The molecule has 0 radical (unpaired) electrons. The number of likely N-dealkylation sites (tertiary alicyclic amines) is 1. The molecule has 3 aromatic rings. The van der Waals surface area contributed by atoms with E-state index < -0.39 is 18.2 Å². The van der Waals surface area contributed by atoms with Crippen LogP contribution in [0.15, 0.2) is 64.3 Å². The number of amides is 1. The number of nitrogens with two attached hydrogens (primary N) is 1. The van der Waals surface area contributed by atoms with Crippen LogP contribution in [0.4, 0.5) is 0 Å². The van der Waals surface area contributed by atoms with Gasteiger partial charge in [-0.05, 0) is 30.2 Å². The number of hydrogen-bond donors (Lipinski definition) is 2. The van der Waals surface area contributed by atoms with Gasteiger partial charge in [0.1, 0.15) is 19.2 Å². The van der Waals surface area contributed by atoms with Gasteiger partial charge in [0.15, 0.2) is 5.82 Å². The molecule has 1 saturated heterocycles. The average Bonchev–Trinajstić information content (AvgIpc) is 3.46. The zero-order valence-electron chi connectivity index (χ0n) is 17.9. The topological polar surface area (TPSA) is 127 Å². The highest BCUT2D eigenvalue weighted by Crippen LogP contribution is 2.32. The second-order valence-electron chi connectivity index (χ2n) is 7.69. The van der Waals surface area contributed by atoms with Crippen molar-refractivity contribution in [1.82, 2.24) is 15.0 Å². The monoisotopic (exact) mass is 435 g/mol. The second kappa shape index (κ2) is 9.29. The molecular weight excluding hydrogens is 410 g/mol. The maximum Gasteiger partial charge on any atom is 0.254 e. The summed E-state index contributed by atoms with van der Waals surface area (Å²) in [4.78, 5) is 24.2. The van der Waals surface area contributed by atoms with E-state index in [1.165, 1.54) is 7.11 Å². The molecule has 32 heavy (non-hydrogen) atoms. The number of nitrogens with zero attached hydrogens (tertiary/aromatic N) is 4. The normalized spacial score (nSPS) is 19.2. The van der Waals surface area contributed by atoms with E-state index in [-0.39, 0.29) is 18.3 Å². The lowest BCUT2D eigenvalue weighted by Crippen LogP contribution is -2.32. The lowest BCUT2D eigenvalue weighted by molar-refractivity contribution is 0.0732. The first kappa shape index (κ1) is 21.7. The zero-order chi connectivity index (χ0) is 22.7. The van der Waals surface area contributed by atoms with Crippen molar-refractivity contribution in [3.63, 3.8) is 0 Å². The number of aliphatic hydroxyl groups excluding tert-OH is 1. The Morgan fingerprint density at radius 3 is 2.56 bits per heavy atom. The molecule has 4 rings (SSSR count). The van der Waals surface area contributed by atoms with E-state index >= 15 is 0 Å². The lowest BCUT2D eigenvalue weighted by Gasteiger charge is -2.21. The summed E-state index contributed by atoms with van der Waals surface area (Å²) in [5.74, 6) is 0.250. The molecule has 1 fully saturated rings. The summed E-state index contributed by atoms with van der Waals surface area (Å²) in [6.45, 7) is 1.83. The Bertz CT molecular complexity index is 1100. The van der Waals surface area contributed by atoms with Crippen LogP contribution >= 0.6 is 0 Å². The SMILES string of the molecule is CO/N=C1\C[C@@H](c2noc([C@@H](N)[C@@H](C)O)n2)N(C(=O)c2ccc(-c3ccccc3)cc2)C1. The zero-order valence-corrected chi connectivity index (χ0v) is 17.9. The van der Waals surface area contributed by atoms with Crippen LogP contribution in [-0.4, -0.2) is 51.5 Å². The fourth-order valence-electron chi connectivity index (χ4n) is 3.67. The van der Waals surface area contributed by atoms with Gasteiger partial charge in [0.05, 0.1) is 18.4 Å². The van der Waals surface area contributed by atoms with Crippen LogP contribution in [0.25, 0.3) is 11.1 Å². The van der Waals surface area contributed by atoms with Gasteiger partial charge >= 0.3 is 0 Å². The van der Waals surface area contributed by atoms with Gasteiger partial charge in [-0.2, -0.15) is 4.98 Å². The standard InChI is InChI=1S/C23H25N5O4/c1-14(29)20(24)22-25-21(27-32-22)19-12-18(26-31-2)13-28(19)23(30)17-10-8-16(9-11-17)15-6-4-3-5-7-15/h3-11,14,19-20,29H,12-13,24H2,1-2H3/b26-18+/t14-,19+,20+/m1/s1. The number of aromatic nitrogens is 2. The Labute approximate surface area is 185 Å². The highest BCUT2D eigenvalue weighted by molar-refractivity contribution is 6.00. The van der Waals surface area contributed by atoms with Crippen LogP contribution in [-0.2, 0) is 4.84 Å². The molecule has 2 aromatic carbocycles. The molecule has 0 saturated carbocycles. The molecule has 1 aliphatic heterocycles. The summed E-state index contributed by atoms with van der Waals surface area (Å²) in [5, 5.41) is 17.7. The molecule has 0 unspecified atom stereocenters. The number of benzene rings is 2. The number of oxime groups is 1. The van der Waals surface area contributed by atoms with Gasteiger partial charge in [0.2, 0.25) is 5.89 Å². The van der Waals surface area contributed by atoms with Crippen molar-refractivity contribution in [3.05, 3.63) is 71.9 Å². The summed E-state index contributed by atoms with van der Waals surface area (Å²) in [6.07, 6.45) is -0.441. The molecule has 1 amide bonds. The fraction of sp³-hybridized carbons (Fsp3) is 0.304. The molecule has 166 valence electrons. The second-order valence-corrected chi connectivity index (χ2v) is 7.69. The number of rotatable bonds is 6. The number of hydrogen-bond acceptors (Lipinski definition) is 8. The molecule has 3 N–H and O–H groups in total. The molecule has 3 atom stereocenters. The van der Waals surface area contributed by atoms with Crippen LogP contribution in [0.1, 0.15) is 47.5 Å². The largest absolute Gasteiger partial charge is 0.399 e. The maximum absolute atomic E-state index is 13.4. The minimum atomic E-state index is -0.849. The summed E-state index contributed by atoms with van der Waals surface area (Å²) >= 11 is 0. The van der Waals surface area contributed by atoms with E-state index in [2.05, 4.69) is 15.3 Å². The van der Waals surface area contributed by atoms with E-state index in [0.717, 1.165) is 11.1 Å². The highest BCUT2D eigenvalue weighted by Gasteiger charge is 2.38. The van der Waals surface area contributed by atoms with Crippen molar-refractivity contribution in [1.29, 1.82) is 0 Å². The van der Waals surface area contributed by atoms with E-state index in [4.69, 9.17) is 15.1 Å². The molecule has 0 aliphatic carbocycles. The van der Waals surface area contributed by atoms with Gasteiger partial charge in [0.25, 0.3) is 5.91 Å². The molecular formula is C23H25N5O4. The Balaban J connectivity index is 1.59. The quantitative estimate of drug-likeness (QED) is 0.570. The average molecular weight is 435 g/mol.